The molecular weight excluding hydrogens is 246 g/mol. The maximum absolute atomic E-state index is 11.9. The van der Waals surface area contributed by atoms with Crippen molar-refractivity contribution in [3.05, 3.63) is 35.2 Å². The Hall–Kier alpha value is -2.44. The number of amides is 1. The van der Waals surface area contributed by atoms with Crippen LogP contribution in [0.25, 0.3) is 0 Å². The topological polar surface area (TPSA) is 107 Å². The van der Waals surface area contributed by atoms with Gasteiger partial charge in [0.05, 0.1) is 5.56 Å². The molecule has 1 amide bonds. The number of hydrogen-bond acceptors (Lipinski definition) is 6. The Morgan fingerprint density at radius 1 is 1.47 bits per heavy atom. The van der Waals surface area contributed by atoms with Crippen LogP contribution in [0.5, 0.6) is 0 Å². The number of nitrogens with zero attached hydrogens (tertiary/aromatic N) is 3. The molecule has 0 fully saturated rings. The molecule has 2 heterocycles. The van der Waals surface area contributed by atoms with Gasteiger partial charge in [-0.3, -0.25) is 9.78 Å². The van der Waals surface area contributed by atoms with Crippen LogP contribution >= 0.6 is 0 Å². The molecule has 0 aliphatic carbocycles. The van der Waals surface area contributed by atoms with E-state index >= 15 is 0 Å². The second-order valence-corrected chi connectivity index (χ2v) is 4.15. The van der Waals surface area contributed by atoms with E-state index in [9.17, 15) is 4.79 Å². The molecule has 3 N–H and O–H groups in total. The third-order valence-corrected chi connectivity index (χ3v) is 2.51. The van der Waals surface area contributed by atoms with Crippen LogP contribution in [0, 0.1) is 13.8 Å². The Balaban J connectivity index is 1.90. The fourth-order valence-electron chi connectivity index (χ4n) is 1.59. The van der Waals surface area contributed by atoms with Crippen molar-refractivity contribution in [1.29, 1.82) is 0 Å². The third kappa shape index (κ3) is 3.27. The number of aromatic nitrogens is 3. The molecular formula is C12H15N5O2. The Morgan fingerprint density at radius 2 is 2.26 bits per heavy atom. The van der Waals surface area contributed by atoms with Crippen molar-refractivity contribution in [2.24, 2.45) is 0 Å². The van der Waals surface area contributed by atoms with Gasteiger partial charge in [0.2, 0.25) is 5.89 Å². The predicted molar refractivity (Wildman–Crippen MR) is 68.5 cm³/mol. The fraction of sp³-hybridized carbons (Fsp3) is 0.333. The minimum atomic E-state index is -0.263. The van der Waals surface area contributed by atoms with Gasteiger partial charge in [-0.2, -0.15) is 4.98 Å². The molecule has 100 valence electrons. The summed E-state index contributed by atoms with van der Waals surface area (Å²) in [7, 11) is 0. The lowest BCUT2D eigenvalue weighted by atomic mass is 10.2. The molecule has 0 aliphatic rings. The van der Waals surface area contributed by atoms with Gasteiger partial charge >= 0.3 is 0 Å². The minimum absolute atomic E-state index is 0.263. The number of aryl methyl sites for hydroxylation is 2. The van der Waals surface area contributed by atoms with Crippen molar-refractivity contribution in [2.45, 2.75) is 20.3 Å². The van der Waals surface area contributed by atoms with Crippen molar-refractivity contribution >= 4 is 11.6 Å². The number of rotatable bonds is 4. The van der Waals surface area contributed by atoms with Gasteiger partial charge in [0.15, 0.2) is 5.82 Å². The van der Waals surface area contributed by atoms with Crippen LogP contribution in [0.15, 0.2) is 16.8 Å². The molecule has 2 aromatic rings. The van der Waals surface area contributed by atoms with Crippen molar-refractivity contribution < 1.29 is 9.32 Å². The summed E-state index contributed by atoms with van der Waals surface area (Å²) >= 11 is 0. The van der Waals surface area contributed by atoms with E-state index < -0.39 is 0 Å². The maximum Gasteiger partial charge on any atom is 0.254 e. The first-order valence-corrected chi connectivity index (χ1v) is 5.86. The van der Waals surface area contributed by atoms with Gasteiger partial charge in [0.1, 0.15) is 0 Å². The lowest BCUT2D eigenvalue weighted by molar-refractivity contribution is 0.0954. The molecule has 0 radical (unpaired) electrons. The first-order chi connectivity index (χ1) is 9.06. The van der Waals surface area contributed by atoms with Gasteiger partial charge in [-0.15, -0.1) is 0 Å². The van der Waals surface area contributed by atoms with Gasteiger partial charge in [-0.05, 0) is 19.9 Å². The molecule has 0 atom stereocenters. The number of nitrogens with two attached hydrogens (primary N) is 1. The number of carbonyl (C=O) groups is 1. The third-order valence-electron chi connectivity index (χ3n) is 2.51. The summed E-state index contributed by atoms with van der Waals surface area (Å²) < 4.78 is 4.94. The average molecular weight is 261 g/mol. The number of nitrogen functional groups attached to an aromatic ring is 1. The number of hydrogen-bond donors (Lipinski definition) is 2. The second-order valence-electron chi connectivity index (χ2n) is 4.15. The van der Waals surface area contributed by atoms with Crippen LogP contribution < -0.4 is 11.1 Å². The first kappa shape index (κ1) is 13.0. The lowest BCUT2D eigenvalue weighted by Crippen LogP contribution is -2.26. The molecule has 7 heteroatoms. The highest BCUT2D eigenvalue weighted by molar-refractivity contribution is 5.98. The van der Waals surface area contributed by atoms with Crippen LogP contribution in [0.3, 0.4) is 0 Å². The minimum Gasteiger partial charge on any atom is -0.398 e. The number of nitrogens with one attached hydrogen (secondary N) is 1. The Bertz CT molecular complexity index is 594. The highest BCUT2D eigenvalue weighted by atomic mass is 16.5. The van der Waals surface area contributed by atoms with Crippen molar-refractivity contribution in [2.75, 3.05) is 12.3 Å². The molecule has 0 aliphatic heterocycles. The zero-order valence-corrected chi connectivity index (χ0v) is 10.8. The van der Waals surface area contributed by atoms with Crippen molar-refractivity contribution in [1.82, 2.24) is 20.4 Å². The normalized spacial score (nSPS) is 10.4. The van der Waals surface area contributed by atoms with E-state index in [0.29, 0.717) is 35.9 Å². The van der Waals surface area contributed by atoms with Crippen LogP contribution in [0.2, 0.25) is 0 Å². The Kier molecular flexibility index (Phi) is 3.74. The van der Waals surface area contributed by atoms with Gasteiger partial charge in [0, 0.05) is 30.5 Å². The molecule has 2 aromatic heterocycles. The summed E-state index contributed by atoms with van der Waals surface area (Å²) in [6.45, 7) is 3.95. The highest BCUT2D eigenvalue weighted by Gasteiger charge is 2.10. The van der Waals surface area contributed by atoms with Gasteiger partial charge in [0.25, 0.3) is 5.91 Å². The van der Waals surface area contributed by atoms with Gasteiger partial charge in [-0.1, -0.05) is 5.16 Å². The second kappa shape index (κ2) is 5.47. The van der Waals surface area contributed by atoms with E-state index in [-0.39, 0.29) is 5.91 Å². The molecule has 0 aromatic carbocycles. The van der Waals surface area contributed by atoms with E-state index in [0.717, 1.165) is 5.69 Å². The van der Waals surface area contributed by atoms with Crippen LogP contribution in [-0.2, 0) is 6.42 Å². The van der Waals surface area contributed by atoms with Gasteiger partial charge < -0.3 is 15.6 Å². The van der Waals surface area contributed by atoms with Gasteiger partial charge in [-0.25, -0.2) is 0 Å². The quantitative estimate of drug-likeness (QED) is 0.836. The van der Waals surface area contributed by atoms with E-state index in [4.69, 9.17) is 10.3 Å². The maximum atomic E-state index is 11.9. The summed E-state index contributed by atoms with van der Waals surface area (Å²) in [6, 6.07) is 1.66. The predicted octanol–water partition coefficient (Wildman–Crippen LogP) is 0.636. The number of pyridine rings is 1. The molecule has 0 unspecified atom stereocenters. The largest absolute Gasteiger partial charge is 0.398 e. The highest BCUT2D eigenvalue weighted by Crippen LogP contribution is 2.10. The first-order valence-electron chi connectivity index (χ1n) is 5.86. The van der Waals surface area contributed by atoms with Crippen LogP contribution in [-0.4, -0.2) is 27.6 Å². The average Bonchev–Trinajstić information content (AvgIpc) is 2.75. The molecule has 2 rings (SSSR count). The van der Waals surface area contributed by atoms with Crippen LogP contribution in [0.4, 0.5) is 5.69 Å². The molecule has 0 saturated carbocycles. The smallest absolute Gasteiger partial charge is 0.254 e. The molecule has 19 heavy (non-hydrogen) atoms. The summed E-state index contributed by atoms with van der Waals surface area (Å²) in [5, 5.41) is 6.40. The van der Waals surface area contributed by atoms with E-state index in [1.165, 1.54) is 6.20 Å². The Morgan fingerprint density at radius 3 is 2.89 bits per heavy atom. The zero-order chi connectivity index (χ0) is 13.8. The number of carbonyl (C=O) groups excluding carboxylic acids is 1. The monoisotopic (exact) mass is 261 g/mol. The molecule has 7 nitrogen and oxygen atoms in total. The molecule has 0 saturated heterocycles. The van der Waals surface area contributed by atoms with Crippen LogP contribution in [0.1, 0.15) is 27.8 Å². The summed E-state index contributed by atoms with van der Waals surface area (Å²) in [5.74, 6) is 0.808. The number of anilines is 1. The van der Waals surface area contributed by atoms with E-state index in [2.05, 4.69) is 20.4 Å². The van der Waals surface area contributed by atoms with E-state index in [1.807, 2.05) is 6.92 Å². The fourth-order valence-corrected chi connectivity index (χ4v) is 1.59. The van der Waals surface area contributed by atoms with Crippen molar-refractivity contribution in [3.63, 3.8) is 0 Å². The lowest BCUT2D eigenvalue weighted by Gasteiger charge is -2.06. The zero-order valence-electron chi connectivity index (χ0n) is 10.8. The standard InChI is InChI=1S/C12H15N5O2/c1-7-5-10(13)9(6-15-7)12(18)14-4-3-11-16-8(2)17-19-11/h5-6H,3-4H2,1-2H3,(H2,13,15)(H,14,18). The SMILES string of the molecule is Cc1cc(N)c(C(=O)NCCc2nc(C)no2)cn1. The molecule has 0 bridgehead atoms. The van der Waals surface area contributed by atoms with E-state index in [1.54, 1.807) is 13.0 Å². The molecule has 0 spiro atoms. The summed E-state index contributed by atoms with van der Waals surface area (Å²) in [5.41, 5.74) is 7.32. The summed E-state index contributed by atoms with van der Waals surface area (Å²) in [4.78, 5) is 20.0. The Labute approximate surface area is 110 Å². The van der Waals surface area contributed by atoms with Crippen molar-refractivity contribution in [3.8, 4) is 0 Å². The summed E-state index contributed by atoms with van der Waals surface area (Å²) in [6.07, 6.45) is 1.95.